The maximum Gasteiger partial charge on any atom is 0.119 e. The minimum atomic E-state index is -0.147. The van der Waals surface area contributed by atoms with Crippen molar-refractivity contribution in [1.29, 1.82) is 0 Å². The van der Waals surface area contributed by atoms with Crippen molar-refractivity contribution >= 4 is 5.57 Å². The van der Waals surface area contributed by atoms with E-state index in [1.807, 2.05) is 0 Å². The quantitative estimate of drug-likeness (QED) is 0.609. The number of aliphatic hydroxyl groups is 1. The lowest BCUT2D eigenvalue weighted by atomic mass is 9.59. The van der Waals surface area contributed by atoms with Crippen molar-refractivity contribution in [2.45, 2.75) is 70.8 Å². The van der Waals surface area contributed by atoms with Crippen LogP contribution >= 0.6 is 0 Å². The number of allylic oxidation sites excluding steroid dienone is 2. The Hall–Kier alpha value is -2.06. The zero-order valence-corrected chi connectivity index (χ0v) is 18.2. The SMILES string of the molecule is CCCOc1ccc2c(c1)CCC1=C2CC[C@]2(CCc3ccccc3)[C@@H](O)CC[C@@H]12. The first-order valence-corrected chi connectivity index (χ1v) is 11.9. The normalized spacial score (nSPS) is 27.4. The van der Waals surface area contributed by atoms with Crippen LogP contribution in [0.3, 0.4) is 0 Å². The highest BCUT2D eigenvalue weighted by molar-refractivity contribution is 5.75. The highest BCUT2D eigenvalue weighted by atomic mass is 16.5. The van der Waals surface area contributed by atoms with Gasteiger partial charge in [0.25, 0.3) is 0 Å². The molecule has 0 amide bonds. The van der Waals surface area contributed by atoms with Gasteiger partial charge in [-0.25, -0.2) is 0 Å². The summed E-state index contributed by atoms with van der Waals surface area (Å²) in [6.07, 6.45) is 9.70. The molecule has 158 valence electrons. The van der Waals surface area contributed by atoms with E-state index in [1.165, 1.54) is 16.7 Å². The van der Waals surface area contributed by atoms with Crippen LogP contribution in [0.15, 0.2) is 54.1 Å². The summed E-state index contributed by atoms with van der Waals surface area (Å²) in [5, 5.41) is 11.1. The second-order valence-corrected chi connectivity index (χ2v) is 9.54. The van der Waals surface area contributed by atoms with Gasteiger partial charge in [0, 0.05) is 5.41 Å². The van der Waals surface area contributed by atoms with E-state index >= 15 is 0 Å². The standard InChI is InChI=1S/C28H34O2/c1-2-18-30-22-9-11-23-21(19-22)8-10-25-24(23)15-17-28(26(25)12-13-27(28)29)16-14-20-6-4-3-5-7-20/h3-7,9,11,19,26-27,29H,2,8,10,12-18H2,1H3/t26-,27-,28-/m0/s1. The largest absolute Gasteiger partial charge is 0.494 e. The summed E-state index contributed by atoms with van der Waals surface area (Å²) in [4.78, 5) is 0. The van der Waals surface area contributed by atoms with Crippen LogP contribution in [0, 0.1) is 11.3 Å². The average Bonchev–Trinajstić information content (AvgIpc) is 3.13. The Morgan fingerprint density at radius 1 is 1.03 bits per heavy atom. The maximum absolute atomic E-state index is 11.1. The van der Waals surface area contributed by atoms with Crippen molar-refractivity contribution in [3.8, 4) is 5.75 Å². The first kappa shape index (κ1) is 19.9. The van der Waals surface area contributed by atoms with Crippen molar-refractivity contribution in [2.24, 2.45) is 11.3 Å². The molecule has 2 aromatic rings. The van der Waals surface area contributed by atoms with Crippen molar-refractivity contribution < 1.29 is 9.84 Å². The number of hydrogen-bond donors (Lipinski definition) is 1. The topological polar surface area (TPSA) is 29.5 Å². The van der Waals surface area contributed by atoms with Gasteiger partial charge in [-0.15, -0.1) is 0 Å². The Labute approximate surface area is 181 Å². The monoisotopic (exact) mass is 402 g/mol. The van der Waals surface area contributed by atoms with Gasteiger partial charge in [-0.2, -0.15) is 0 Å². The van der Waals surface area contributed by atoms with E-state index in [4.69, 9.17) is 4.74 Å². The second-order valence-electron chi connectivity index (χ2n) is 9.54. The van der Waals surface area contributed by atoms with Crippen LogP contribution in [-0.2, 0) is 12.8 Å². The molecule has 1 fully saturated rings. The molecule has 0 aromatic heterocycles. The summed E-state index contributed by atoms with van der Waals surface area (Å²) in [5.41, 5.74) is 7.65. The number of ether oxygens (including phenoxy) is 1. The van der Waals surface area contributed by atoms with Crippen LogP contribution in [0.2, 0.25) is 0 Å². The summed E-state index contributed by atoms with van der Waals surface area (Å²) < 4.78 is 5.88. The molecule has 2 aromatic carbocycles. The van der Waals surface area contributed by atoms with E-state index in [9.17, 15) is 5.11 Å². The van der Waals surface area contributed by atoms with E-state index in [1.54, 1.807) is 11.1 Å². The Kier molecular flexibility index (Phi) is 5.45. The predicted molar refractivity (Wildman–Crippen MR) is 123 cm³/mol. The number of benzene rings is 2. The van der Waals surface area contributed by atoms with Crippen LogP contribution < -0.4 is 4.74 Å². The summed E-state index contributed by atoms with van der Waals surface area (Å²) in [6, 6.07) is 17.6. The van der Waals surface area contributed by atoms with Crippen molar-refractivity contribution in [2.75, 3.05) is 6.61 Å². The Morgan fingerprint density at radius 2 is 1.90 bits per heavy atom. The van der Waals surface area contributed by atoms with E-state index in [0.717, 1.165) is 70.1 Å². The molecule has 0 unspecified atom stereocenters. The van der Waals surface area contributed by atoms with Gasteiger partial charge in [-0.3, -0.25) is 0 Å². The average molecular weight is 403 g/mol. The minimum absolute atomic E-state index is 0.0797. The predicted octanol–water partition coefficient (Wildman–Crippen LogP) is 6.36. The first-order chi connectivity index (χ1) is 14.7. The van der Waals surface area contributed by atoms with Crippen LogP contribution in [0.1, 0.15) is 68.6 Å². The zero-order valence-electron chi connectivity index (χ0n) is 18.2. The van der Waals surface area contributed by atoms with E-state index in [2.05, 4.69) is 55.5 Å². The van der Waals surface area contributed by atoms with Gasteiger partial charge < -0.3 is 9.84 Å². The van der Waals surface area contributed by atoms with Crippen molar-refractivity contribution in [3.05, 3.63) is 70.8 Å². The van der Waals surface area contributed by atoms with Crippen LogP contribution in [0.4, 0.5) is 0 Å². The van der Waals surface area contributed by atoms with Gasteiger partial charge in [-0.05, 0) is 98.1 Å². The van der Waals surface area contributed by atoms with Crippen LogP contribution in [0.25, 0.3) is 5.57 Å². The molecule has 0 bridgehead atoms. The molecule has 0 aliphatic heterocycles. The molecule has 3 atom stereocenters. The highest BCUT2D eigenvalue weighted by Gasteiger charge is 2.52. The Morgan fingerprint density at radius 3 is 2.73 bits per heavy atom. The lowest BCUT2D eigenvalue weighted by Crippen LogP contribution is -2.40. The number of rotatable bonds is 6. The molecule has 0 radical (unpaired) electrons. The number of aryl methyl sites for hydroxylation is 2. The van der Waals surface area contributed by atoms with Gasteiger partial charge in [-0.1, -0.05) is 48.9 Å². The maximum atomic E-state index is 11.1. The van der Waals surface area contributed by atoms with E-state index in [0.29, 0.717) is 5.92 Å². The molecule has 1 saturated carbocycles. The molecule has 0 saturated heterocycles. The number of hydrogen-bond acceptors (Lipinski definition) is 2. The third kappa shape index (κ3) is 3.39. The summed E-state index contributed by atoms with van der Waals surface area (Å²) in [6.45, 7) is 2.94. The zero-order chi connectivity index (χ0) is 20.6. The summed E-state index contributed by atoms with van der Waals surface area (Å²) in [5.74, 6) is 1.58. The van der Waals surface area contributed by atoms with Gasteiger partial charge >= 0.3 is 0 Å². The fourth-order valence-electron chi connectivity index (χ4n) is 6.49. The van der Waals surface area contributed by atoms with Crippen LogP contribution in [0.5, 0.6) is 5.75 Å². The minimum Gasteiger partial charge on any atom is -0.494 e. The molecule has 2 nitrogen and oxygen atoms in total. The van der Waals surface area contributed by atoms with Gasteiger partial charge in [0.05, 0.1) is 12.7 Å². The smallest absolute Gasteiger partial charge is 0.119 e. The molecule has 0 heterocycles. The fraction of sp³-hybridized carbons (Fsp3) is 0.500. The molecular weight excluding hydrogens is 368 g/mol. The lowest BCUT2D eigenvalue weighted by molar-refractivity contribution is 0.0156. The molecule has 1 N–H and O–H groups in total. The molecule has 3 aliphatic carbocycles. The first-order valence-electron chi connectivity index (χ1n) is 11.9. The molecule has 30 heavy (non-hydrogen) atoms. The second kappa shape index (κ2) is 8.23. The molecule has 2 heteroatoms. The number of fused-ring (bicyclic) bond motifs is 4. The third-order valence-corrected chi connectivity index (χ3v) is 8.00. The molecule has 3 aliphatic rings. The summed E-state index contributed by atoms with van der Waals surface area (Å²) >= 11 is 0. The van der Waals surface area contributed by atoms with E-state index < -0.39 is 0 Å². The van der Waals surface area contributed by atoms with Gasteiger partial charge in [0.15, 0.2) is 0 Å². The van der Waals surface area contributed by atoms with Crippen molar-refractivity contribution in [3.63, 3.8) is 0 Å². The van der Waals surface area contributed by atoms with Crippen molar-refractivity contribution in [1.82, 2.24) is 0 Å². The molecule has 0 spiro atoms. The van der Waals surface area contributed by atoms with Crippen LogP contribution in [-0.4, -0.2) is 17.8 Å². The Balaban J connectivity index is 1.43. The van der Waals surface area contributed by atoms with Gasteiger partial charge in [0.1, 0.15) is 5.75 Å². The molecule has 5 rings (SSSR count). The summed E-state index contributed by atoms with van der Waals surface area (Å²) in [7, 11) is 0. The highest BCUT2D eigenvalue weighted by Crippen LogP contribution is 2.60. The fourth-order valence-corrected chi connectivity index (χ4v) is 6.49. The number of aliphatic hydroxyl groups excluding tert-OH is 1. The third-order valence-electron chi connectivity index (χ3n) is 8.00. The van der Waals surface area contributed by atoms with Gasteiger partial charge in [0.2, 0.25) is 0 Å². The Bertz CT molecular complexity index is 929. The lowest BCUT2D eigenvalue weighted by Gasteiger charge is -2.46. The van der Waals surface area contributed by atoms with E-state index in [-0.39, 0.29) is 11.5 Å². The molecular formula is C28H34O2.